The number of thiazole rings is 1. The maximum atomic E-state index is 13.1. The highest BCUT2D eigenvalue weighted by molar-refractivity contribution is 7.18. The molecule has 0 amide bonds. The molecule has 0 radical (unpaired) electrons. The van der Waals surface area contributed by atoms with Gasteiger partial charge >= 0.3 is 0 Å². The molecule has 1 aromatic heterocycles. The van der Waals surface area contributed by atoms with Gasteiger partial charge in [0.15, 0.2) is 0 Å². The summed E-state index contributed by atoms with van der Waals surface area (Å²) in [5.74, 6) is -0.202. The van der Waals surface area contributed by atoms with Crippen molar-refractivity contribution in [2.75, 3.05) is 19.8 Å². The van der Waals surface area contributed by atoms with Crippen molar-refractivity contribution in [1.29, 1.82) is 0 Å². The molecule has 1 aliphatic heterocycles. The second-order valence-electron chi connectivity index (χ2n) is 5.17. The van der Waals surface area contributed by atoms with E-state index in [9.17, 15) is 4.39 Å². The summed E-state index contributed by atoms with van der Waals surface area (Å²) in [6, 6.07) is 4.73. The molecule has 1 fully saturated rings. The first-order chi connectivity index (χ1) is 9.21. The van der Waals surface area contributed by atoms with Crippen LogP contribution >= 0.6 is 11.3 Å². The molecule has 0 atom stereocenters. The molecule has 0 saturated carbocycles. The Balaban J connectivity index is 1.62. The van der Waals surface area contributed by atoms with Crippen molar-refractivity contribution < 1.29 is 9.13 Å². The molecule has 0 bridgehead atoms. The van der Waals surface area contributed by atoms with Crippen LogP contribution in [0, 0.1) is 11.2 Å². The number of benzene rings is 1. The van der Waals surface area contributed by atoms with E-state index in [-0.39, 0.29) is 5.82 Å². The van der Waals surface area contributed by atoms with Crippen molar-refractivity contribution in [3.63, 3.8) is 0 Å². The van der Waals surface area contributed by atoms with Gasteiger partial charge in [-0.25, -0.2) is 9.37 Å². The largest absolute Gasteiger partial charge is 0.380 e. The van der Waals surface area contributed by atoms with Crippen LogP contribution in [0.3, 0.4) is 0 Å². The number of hydrogen-bond acceptors (Lipinski definition) is 4. The van der Waals surface area contributed by atoms with Crippen LogP contribution in [0.1, 0.15) is 18.4 Å². The Kier molecular flexibility index (Phi) is 3.52. The van der Waals surface area contributed by atoms with Crippen LogP contribution in [0.2, 0.25) is 0 Å². The van der Waals surface area contributed by atoms with E-state index in [4.69, 9.17) is 4.74 Å². The van der Waals surface area contributed by atoms with Gasteiger partial charge < -0.3 is 10.1 Å². The van der Waals surface area contributed by atoms with E-state index in [2.05, 4.69) is 17.2 Å². The molecule has 2 heterocycles. The van der Waals surface area contributed by atoms with E-state index >= 15 is 0 Å². The van der Waals surface area contributed by atoms with Crippen molar-refractivity contribution in [2.24, 2.45) is 5.41 Å². The quantitative estimate of drug-likeness (QED) is 0.914. The summed E-state index contributed by atoms with van der Waals surface area (Å²) in [5, 5.41) is 4.45. The van der Waals surface area contributed by atoms with E-state index in [1.165, 1.54) is 6.07 Å². The van der Waals surface area contributed by atoms with E-state index in [1.807, 2.05) is 0 Å². The summed E-state index contributed by atoms with van der Waals surface area (Å²) in [4.78, 5) is 4.50. The fourth-order valence-corrected chi connectivity index (χ4v) is 3.24. The Morgan fingerprint density at radius 2 is 2.32 bits per heavy atom. The Labute approximate surface area is 115 Å². The Bertz CT molecular complexity index is 574. The lowest BCUT2D eigenvalue weighted by atomic mass is 9.83. The van der Waals surface area contributed by atoms with E-state index < -0.39 is 0 Å². The number of rotatable bonds is 5. The molecule has 1 aromatic carbocycles. The molecule has 1 N–H and O–H groups in total. The number of nitrogens with one attached hydrogen (secondary N) is 1. The first-order valence-corrected chi connectivity index (χ1v) is 7.36. The zero-order valence-electron chi connectivity index (χ0n) is 10.9. The molecule has 5 heteroatoms. The normalized spacial score (nSPS) is 17.6. The SMILES string of the molecule is CCC1(CNCc2nc3ccc(F)cc3s2)COC1. The number of nitrogens with zero attached hydrogens (tertiary/aromatic N) is 1. The standard InChI is InChI=1S/C14H17FN2OS/c1-2-14(8-18-9-14)7-16-6-13-17-11-4-3-10(15)5-12(11)19-13/h3-5,16H,2,6-9H2,1H3. The van der Waals surface area contributed by atoms with Crippen LogP contribution in [0.4, 0.5) is 4.39 Å². The van der Waals surface area contributed by atoms with Gasteiger partial charge in [0.25, 0.3) is 0 Å². The van der Waals surface area contributed by atoms with Gasteiger partial charge in [0.1, 0.15) is 10.8 Å². The lowest BCUT2D eigenvalue weighted by Gasteiger charge is -2.40. The topological polar surface area (TPSA) is 34.2 Å². The van der Waals surface area contributed by atoms with Crippen LogP contribution in [-0.4, -0.2) is 24.7 Å². The number of hydrogen-bond donors (Lipinski definition) is 1. The molecule has 3 nitrogen and oxygen atoms in total. The predicted molar refractivity (Wildman–Crippen MR) is 74.8 cm³/mol. The minimum Gasteiger partial charge on any atom is -0.380 e. The van der Waals surface area contributed by atoms with Crippen molar-refractivity contribution >= 4 is 21.6 Å². The van der Waals surface area contributed by atoms with Crippen molar-refractivity contribution in [3.8, 4) is 0 Å². The molecule has 3 rings (SSSR count). The molecule has 102 valence electrons. The molecule has 0 spiro atoms. The molecule has 0 unspecified atom stereocenters. The van der Waals surface area contributed by atoms with Crippen LogP contribution < -0.4 is 5.32 Å². The van der Waals surface area contributed by atoms with Gasteiger partial charge in [-0.3, -0.25) is 0 Å². The summed E-state index contributed by atoms with van der Waals surface area (Å²) in [5.41, 5.74) is 1.18. The van der Waals surface area contributed by atoms with Gasteiger partial charge in [-0.05, 0) is 24.6 Å². The number of fused-ring (bicyclic) bond motifs is 1. The molecular formula is C14H17FN2OS. The Morgan fingerprint density at radius 1 is 1.47 bits per heavy atom. The fourth-order valence-electron chi connectivity index (χ4n) is 2.28. The molecular weight excluding hydrogens is 263 g/mol. The second kappa shape index (κ2) is 5.15. The van der Waals surface area contributed by atoms with Crippen molar-refractivity contribution in [1.82, 2.24) is 10.3 Å². The Morgan fingerprint density at radius 3 is 3.00 bits per heavy atom. The fraction of sp³-hybridized carbons (Fsp3) is 0.500. The van der Waals surface area contributed by atoms with Crippen LogP contribution in [0.15, 0.2) is 18.2 Å². The van der Waals surface area contributed by atoms with Gasteiger partial charge in [-0.1, -0.05) is 6.92 Å². The zero-order chi connectivity index (χ0) is 13.3. The van der Waals surface area contributed by atoms with Gasteiger partial charge in [-0.2, -0.15) is 0 Å². The third-order valence-electron chi connectivity index (χ3n) is 3.74. The molecule has 19 heavy (non-hydrogen) atoms. The summed E-state index contributed by atoms with van der Waals surface area (Å²) < 4.78 is 19.3. The maximum absolute atomic E-state index is 13.1. The highest BCUT2D eigenvalue weighted by Crippen LogP contribution is 2.30. The molecule has 1 saturated heterocycles. The van der Waals surface area contributed by atoms with Crippen molar-refractivity contribution in [2.45, 2.75) is 19.9 Å². The molecule has 2 aromatic rings. The predicted octanol–water partition coefficient (Wildman–Crippen LogP) is 2.95. The molecule has 0 aliphatic carbocycles. The third kappa shape index (κ3) is 2.63. The van der Waals surface area contributed by atoms with E-state index in [0.717, 1.165) is 47.9 Å². The minimum absolute atomic E-state index is 0.202. The number of aromatic nitrogens is 1. The van der Waals surface area contributed by atoms with Crippen LogP contribution in [-0.2, 0) is 11.3 Å². The first-order valence-electron chi connectivity index (χ1n) is 6.54. The summed E-state index contributed by atoms with van der Waals surface area (Å²) in [6.07, 6.45) is 1.13. The summed E-state index contributed by atoms with van der Waals surface area (Å²) >= 11 is 1.55. The number of ether oxygens (including phenoxy) is 1. The van der Waals surface area contributed by atoms with Gasteiger partial charge in [-0.15, -0.1) is 11.3 Å². The van der Waals surface area contributed by atoms with Crippen LogP contribution in [0.5, 0.6) is 0 Å². The zero-order valence-corrected chi connectivity index (χ0v) is 11.7. The second-order valence-corrected chi connectivity index (χ2v) is 6.28. The smallest absolute Gasteiger partial charge is 0.124 e. The lowest BCUT2D eigenvalue weighted by Crippen LogP contribution is -2.49. The van der Waals surface area contributed by atoms with E-state index in [1.54, 1.807) is 23.5 Å². The monoisotopic (exact) mass is 280 g/mol. The highest BCUT2D eigenvalue weighted by Gasteiger charge is 2.36. The minimum atomic E-state index is -0.202. The summed E-state index contributed by atoms with van der Waals surface area (Å²) in [6.45, 7) is 5.59. The van der Waals surface area contributed by atoms with Gasteiger partial charge in [0, 0.05) is 18.5 Å². The van der Waals surface area contributed by atoms with Crippen molar-refractivity contribution in [3.05, 3.63) is 29.0 Å². The lowest BCUT2D eigenvalue weighted by molar-refractivity contribution is -0.113. The third-order valence-corrected chi connectivity index (χ3v) is 4.76. The first kappa shape index (κ1) is 13.0. The highest BCUT2D eigenvalue weighted by atomic mass is 32.1. The average molecular weight is 280 g/mol. The maximum Gasteiger partial charge on any atom is 0.124 e. The Hall–Kier alpha value is -1.04. The van der Waals surface area contributed by atoms with Crippen LogP contribution in [0.25, 0.3) is 10.2 Å². The number of halogens is 1. The van der Waals surface area contributed by atoms with Gasteiger partial charge in [0.05, 0.1) is 23.4 Å². The average Bonchev–Trinajstić information content (AvgIpc) is 2.74. The summed E-state index contributed by atoms with van der Waals surface area (Å²) in [7, 11) is 0. The molecule has 1 aliphatic rings. The van der Waals surface area contributed by atoms with Gasteiger partial charge in [0.2, 0.25) is 0 Å². The van der Waals surface area contributed by atoms with E-state index in [0.29, 0.717) is 5.41 Å².